The first kappa shape index (κ1) is 10.0. The molecule has 3 atom stereocenters. The maximum absolute atomic E-state index is 6.01. The Morgan fingerprint density at radius 2 is 1.67 bits per heavy atom. The van der Waals surface area contributed by atoms with Crippen molar-refractivity contribution in [3.8, 4) is 0 Å². The number of hydrogen-bond donors (Lipinski definition) is 1. The van der Waals surface area contributed by atoms with Crippen molar-refractivity contribution in [3.63, 3.8) is 0 Å². The molecule has 0 unspecified atom stereocenters. The molecule has 1 aliphatic rings. The third-order valence-electron chi connectivity index (χ3n) is 3.20. The van der Waals surface area contributed by atoms with Crippen molar-refractivity contribution in [2.45, 2.75) is 53.0 Å². The van der Waals surface area contributed by atoms with Crippen molar-refractivity contribution in [2.75, 3.05) is 0 Å². The van der Waals surface area contributed by atoms with Crippen LogP contribution in [-0.4, -0.2) is 6.04 Å². The van der Waals surface area contributed by atoms with Crippen LogP contribution in [0.2, 0.25) is 0 Å². The molecule has 0 heterocycles. The minimum absolute atomic E-state index is 0.451. The van der Waals surface area contributed by atoms with E-state index in [1.165, 1.54) is 19.3 Å². The maximum atomic E-state index is 6.01. The first-order valence-corrected chi connectivity index (χ1v) is 5.15. The maximum Gasteiger partial charge on any atom is 0.00442 e. The summed E-state index contributed by atoms with van der Waals surface area (Å²) in [6.45, 7) is 9.34. The number of rotatable bonds is 0. The van der Waals surface area contributed by atoms with Gasteiger partial charge in [0, 0.05) is 6.04 Å². The molecular formula is C11H23N. The van der Waals surface area contributed by atoms with E-state index < -0.39 is 0 Å². The Kier molecular flexibility index (Phi) is 2.82. The molecule has 72 valence electrons. The van der Waals surface area contributed by atoms with Gasteiger partial charge in [0.1, 0.15) is 0 Å². The predicted molar refractivity (Wildman–Crippen MR) is 53.9 cm³/mol. The van der Waals surface area contributed by atoms with E-state index in [-0.39, 0.29) is 0 Å². The molecule has 1 heteroatoms. The Labute approximate surface area is 76.7 Å². The van der Waals surface area contributed by atoms with E-state index in [2.05, 4.69) is 27.7 Å². The minimum Gasteiger partial charge on any atom is -0.328 e. The van der Waals surface area contributed by atoms with Crippen LogP contribution in [-0.2, 0) is 0 Å². The predicted octanol–water partition coefficient (Wildman–Crippen LogP) is 2.80. The fraction of sp³-hybridized carbons (Fsp3) is 1.00. The second-order valence-electron chi connectivity index (χ2n) is 5.64. The summed E-state index contributed by atoms with van der Waals surface area (Å²) in [5.41, 5.74) is 6.46. The lowest BCUT2D eigenvalue weighted by molar-refractivity contribution is 0.134. The molecule has 0 radical (unpaired) electrons. The van der Waals surface area contributed by atoms with Crippen LogP contribution in [0.1, 0.15) is 47.0 Å². The molecule has 0 aromatic rings. The topological polar surface area (TPSA) is 26.0 Å². The summed E-state index contributed by atoms with van der Waals surface area (Å²) >= 11 is 0. The highest BCUT2D eigenvalue weighted by Crippen LogP contribution is 2.39. The zero-order valence-corrected chi connectivity index (χ0v) is 8.93. The van der Waals surface area contributed by atoms with E-state index in [0.29, 0.717) is 11.5 Å². The molecule has 0 bridgehead atoms. The summed E-state index contributed by atoms with van der Waals surface area (Å²) in [5.74, 6) is 1.66. The van der Waals surface area contributed by atoms with Gasteiger partial charge in [-0.25, -0.2) is 0 Å². The van der Waals surface area contributed by atoms with Gasteiger partial charge in [-0.2, -0.15) is 0 Å². The summed E-state index contributed by atoms with van der Waals surface area (Å²) in [7, 11) is 0. The number of hydrogen-bond acceptors (Lipinski definition) is 1. The summed E-state index contributed by atoms with van der Waals surface area (Å²) in [6.07, 6.45) is 3.83. The van der Waals surface area contributed by atoms with E-state index >= 15 is 0 Å². The highest BCUT2D eigenvalue weighted by molar-refractivity contribution is 4.85. The van der Waals surface area contributed by atoms with Gasteiger partial charge in [0.05, 0.1) is 0 Å². The quantitative estimate of drug-likeness (QED) is 0.593. The summed E-state index contributed by atoms with van der Waals surface area (Å²) in [6, 6.07) is 0.456. The van der Waals surface area contributed by atoms with Crippen molar-refractivity contribution in [3.05, 3.63) is 0 Å². The van der Waals surface area contributed by atoms with Crippen LogP contribution >= 0.6 is 0 Å². The molecule has 12 heavy (non-hydrogen) atoms. The summed E-state index contributed by atoms with van der Waals surface area (Å²) in [5, 5.41) is 0. The fourth-order valence-corrected chi connectivity index (χ4v) is 2.36. The third kappa shape index (κ3) is 2.48. The van der Waals surface area contributed by atoms with E-state index in [1.54, 1.807) is 0 Å². The lowest BCUT2D eigenvalue weighted by atomic mass is 9.68. The van der Waals surface area contributed by atoms with Crippen LogP contribution in [0.15, 0.2) is 0 Å². The van der Waals surface area contributed by atoms with Crippen LogP contribution in [0.25, 0.3) is 0 Å². The first-order valence-electron chi connectivity index (χ1n) is 5.15. The van der Waals surface area contributed by atoms with Crippen molar-refractivity contribution >= 4 is 0 Å². The molecule has 0 aliphatic heterocycles. The third-order valence-corrected chi connectivity index (χ3v) is 3.20. The lowest BCUT2D eigenvalue weighted by Crippen LogP contribution is -2.37. The van der Waals surface area contributed by atoms with Gasteiger partial charge in [0.25, 0.3) is 0 Å². The van der Waals surface area contributed by atoms with E-state index in [4.69, 9.17) is 5.73 Å². The van der Waals surface area contributed by atoms with Crippen LogP contribution in [0, 0.1) is 17.3 Å². The largest absolute Gasteiger partial charge is 0.328 e. The van der Waals surface area contributed by atoms with Gasteiger partial charge >= 0.3 is 0 Å². The smallest absolute Gasteiger partial charge is 0.00442 e. The van der Waals surface area contributed by atoms with Gasteiger partial charge in [-0.15, -0.1) is 0 Å². The van der Waals surface area contributed by atoms with Crippen LogP contribution < -0.4 is 5.73 Å². The molecule has 0 aromatic carbocycles. The average Bonchev–Trinajstić information content (AvgIpc) is 1.82. The number of nitrogens with two attached hydrogens (primary N) is 1. The molecule has 0 aromatic heterocycles. The van der Waals surface area contributed by atoms with Gasteiger partial charge in [-0.05, 0) is 36.5 Å². The fourth-order valence-electron chi connectivity index (χ4n) is 2.36. The van der Waals surface area contributed by atoms with Crippen LogP contribution in [0.4, 0.5) is 0 Å². The Balaban J connectivity index is 2.55. The SMILES string of the molecule is C[C@@H]1C[C@H](N)C[C@@H](C(C)(C)C)C1. The van der Waals surface area contributed by atoms with E-state index in [0.717, 1.165) is 11.8 Å². The first-order chi connectivity index (χ1) is 5.39. The molecule has 0 spiro atoms. The van der Waals surface area contributed by atoms with E-state index in [9.17, 15) is 0 Å². The molecule has 0 amide bonds. The average molecular weight is 169 g/mol. The summed E-state index contributed by atoms with van der Waals surface area (Å²) < 4.78 is 0. The molecule has 0 saturated heterocycles. The highest BCUT2D eigenvalue weighted by atomic mass is 14.6. The molecule has 1 rings (SSSR count). The Morgan fingerprint density at radius 1 is 1.08 bits per heavy atom. The van der Waals surface area contributed by atoms with Crippen molar-refractivity contribution < 1.29 is 0 Å². The molecule has 1 fully saturated rings. The molecule has 1 saturated carbocycles. The zero-order valence-electron chi connectivity index (χ0n) is 8.93. The monoisotopic (exact) mass is 169 g/mol. The Bertz CT molecular complexity index is 136. The Morgan fingerprint density at radius 3 is 2.08 bits per heavy atom. The lowest BCUT2D eigenvalue weighted by Gasteiger charge is -2.39. The van der Waals surface area contributed by atoms with Gasteiger partial charge < -0.3 is 5.73 Å². The zero-order chi connectivity index (χ0) is 9.35. The van der Waals surface area contributed by atoms with E-state index in [1.807, 2.05) is 0 Å². The Hall–Kier alpha value is -0.0400. The minimum atomic E-state index is 0.451. The second-order valence-corrected chi connectivity index (χ2v) is 5.64. The van der Waals surface area contributed by atoms with Crippen molar-refractivity contribution in [2.24, 2.45) is 23.0 Å². The summed E-state index contributed by atoms with van der Waals surface area (Å²) in [4.78, 5) is 0. The van der Waals surface area contributed by atoms with Crippen LogP contribution in [0.5, 0.6) is 0 Å². The van der Waals surface area contributed by atoms with Gasteiger partial charge in [0.2, 0.25) is 0 Å². The molecule has 1 aliphatic carbocycles. The normalized spacial score (nSPS) is 38.2. The van der Waals surface area contributed by atoms with Crippen molar-refractivity contribution in [1.82, 2.24) is 0 Å². The standard InChI is InChI=1S/C11H23N/c1-8-5-9(11(2,3)4)7-10(12)6-8/h8-10H,5-7,12H2,1-4H3/t8-,9-,10-/m0/s1. The second kappa shape index (κ2) is 3.37. The molecule has 1 nitrogen and oxygen atoms in total. The van der Waals surface area contributed by atoms with Crippen LogP contribution in [0.3, 0.4) is 0 Å². The highest BCUT2D eigenvalue weighted by Gasteiger charge is 2.31. The van der Waals surface area contributed by atoms with Gasteiger partial charge in [0.15, 0.2) is 0 Å². The van der Waals surface area contributed by atoms with Crippen molar-refractivity contribution in [1.29, 1.82) is 0 Å². The van der Waals surface area contributed by atoms with Gasteiger partial charge in [-0.3, -0.25) is 0 Å². The molecular weight excluding hydrogens is 146 g/mol. The molecule has 2 N–H and O–H groups in total. The van der Waals surface area contributed by atoms with Gasteiger partial charge in [-0.1, -0.05) is 27.7 Å².